The number of benzene rings is 1. The van der Waals surface area contributed by atoms with Gasteiger partial charge in [-0.3, -0.25) is 9.36 Å². The molecular formula is C17H14N4OS2. The number of hydrogen-bond acceptors (Lipinski definition) is 5. The first-order chi connectivity index (χ1) is 11.8. The number of aromatic nitrogens is 3. The number of hydrogen-bond donors (Lipinski definition) is 1. The van der Waals surface area contributed by atoms with Gasteiger partial charge in [-0.15, -0.1) is 28.0 Å². The van der Waals surface area contributed by atoms with Gasteiger partial charge in [0, 0.05) is 5.69 Å². The van der Waals surface area contributed by atoms with Gasteiger partial charge in [-0.25, -0.2) is 0 Å². The van der Waals surface area contributed by atoms with Crippen molar-refractivity contribution in [2.24, 2.45) is 0 Å². The normalized spacial score (nSPS) is 10.3. The zero-order valence-electron chi connectivity index (χ0n) is 12.7. The second-order valence-corrected chi connectivity index (χ2v) is 6.61. The third-order valence-electron chi connectivity index (χ3n) is 3.11. The van der Waals surface area contributed by atoms with Crippen LogP contribution in [0, 0.1) is 12.3 Å². The number of thioether (sulfide) groups is 1. The molecule has 3 aromatic rings. The van der Waals surface area contributed by atoms with E-state index < -0.39 is 0 Å². The van der Waals surface area contributed by atoms with E-state index in [4.69, 9.17) is 6.42 Å². The standard InChI is InChI=1S/C17H14N4OS2/c1-2-10-18-15(22)12-24-17-20-19-16(14-9-6-11-23-14)21(17)13-7-4-3-5-8-13/h1,3-9,11H,10,12H2,(H,18,22). The van der Waals surface area contributed by atoms with Gasteiger partial charge in [0.2, 0.25) is 5.91 Å². The fourth-order valence-corrected chi connectivity index (χ4v) is 3.55. The molecule has 3 rings (SSSR count). The summed E-state index contributed by atoms with van der Waals surface area (Å²) < 4.78 is 1.96. The van der Waals surface area contributed by atoms with E-state index in [0.717, 1.165) is 16.4 Å². The van der Waals surface area contributed by atoms with Gasteiger partial charge in [0.05, 0.1) is 17.2 Å². The molecule has 0 spiro atoms. The molecule has 0 aliphatic rings. The van der Waals surface area contributed by atoms with Crippen molar-refractivity contribution in [2.45, 2.75) is 5.16 Å². The van der Waals surface area contributed by atoms with Gasteiger partial charge >= 0.3 is 0 Å². The number of thiophene rings is 1. The van der Waals surface area contributed by atoms with E-state index in [1.165, 1.54) is 11.8 Å². The third-order valence-corrected chi connectivity index (χ3v) is 4.90. The van der Waals surface area contributed by atoms with Crippen LogP contribution in [-0.4, -0.2) is 33.0 Å². The lowest BCUT2D eigenvalue weighted by Crippen LogP contribution is -2.25. The fraction of sp³-hybridized carbons (Fsp3) is 0.118. The molecule has 0 aliphatic heterocycles. The summed E-state index contributed by atoms with van der Waals surface area (Å²) in [6.45, 7) is 0.227. The predicted molar refractivity (Wildman–Crippen MR) is 97.2 cm³/mol. The number of carbonyl (C=O) groups excluding carboxylic acids is 1. The van der Waals surface area contributed by atoms with Crippen LogP contribution in [0.2, 0.25) is 0 Å². The maximum atomic E-state index is 11.8. The molecule has 2 aromatic heterocycles. The van der Waals surface area contributed by atoms with Crippen LogP contribution in [0.25, 0.3) is 16.4 Å². The largest absolute Gasteiger partial charge is 0.344 e. The molecule has 0 unspecified atom stereocenters. The van der Waals surface area contributed by atoms with Gasteiger partial charge in [-0.2, -0.15) is 0 Å². The van der Waals surface area contributed by atoms with E-state index in [-0.39, 0.29) is 18.2 Å². The Labute approximate surface area is 148 Å². The summed E-state index contributed by atoms with van der Waals surface area (Å²) in [6, 6.07) is 13.8. The van der Waals surface area contributed by atoms with E-state index in [2.05, 4.69) is 21.4 Å². The Morgan fingerprint density at radius 1 is 1.25 bits per heavy atom. The van der Waals surface area contributed by atoms with Gasteiger partial charge in [-0.1, -0.05) is 41.9 Å². The summed E-state index contributed by atoms with van der Waals surface area (Å²) in [6.07, 6.45) is 5.14. The molecule has 7 heteroatoms. The van der Waals surface area contributed by atoms with Gasteiger partial charge in [0.25, 0.3) is 0 Å². The molecule has 5 nitrogen and oxygen atoms in total. The maximum Gasteiger partial charge on any atom is 0.231 e. The summed E-state index contributed by atoms with van der Waals surface area (Å²) >= 11 is 2.93. The summed E-state index contributed by atoms with van der Waals surface area (Å²) in [5.41, 5.74) is 0.956. The van der Waals surface area contributed by atoms with Crippen molar-refractivity contribution in [3.05, 3.63) is 47.8 Å². The molecule has 1 N–H and O–H groups in total. The van der Waals surface area contributed by atoms with Crippen molar-refractivity contribution in [1.29, 1.82) is 0 Å². The number of carbonyl (C=O) groups is 1. The first-order valence-corrected chi connectivity index (χ1v) is 9.04. The van der Waals surface area contributed by atoms with Crippen molar-refractivity contribution in [3.8, 4) is 28.7 Å². The van der Waals surface area contributed by atoms with Crippen molar-refractivity contribution >= 4 is 29.0 Å². The van der Waals surface area contributed by atoms with Crippen molar-refractivity contribution in [3.63, 3.8) is 0 Å². The Kier molecular flexibility index (Phi) is 5.31. The first-order valence-electron chi connectivity index (χ1n) is 7.17. The molecule has 0 fully saturated rings. The number of nitrogens with zero attached hydrogens (tertiary/aromatic N) is 3. The lowest BCUT2D eigenvalue weighted by molar-refractivity contribution is -0.118. The van der Waals surface area contributed by atoms with Crippen molar-refractivity contribution < 1.29 is 4.79 Å². The topological polar surface area (TPSA) is 59.8 Å². The quantitative estimate of drug-likeness (QED) is 0.546. The number of para-hydroxylation sites is 1. The Hall–Kier alpha value is -2.56. The first kappa shape index (κ1) is 16.3. The smallest absolute Gasteiger partial charge is 0.231 e. The number of nitrogens with one attached hydrogen (secondary N) is 1. The maximum absolute atomic E-state index is 11.8. The molecule has 1 amide bonds. The van der Waals surface area contributed by atoms with Crippen LogP contribution in [-0.2, 0) is 4.79 Å². The zero-order valence-corrected chi connectivity index (χ0v) is 14.3. The number of terminal acetylenes is 1. The minimum Gasteiger partial charge on any atom is -0.344 e. The minimum absolute atomic E-state index is 0.127. The number of rotatable bonds is 6. The Bertz CT molecular complexity index is 851. The Morgan fingerprint density at radius 3 is 2.79 bits per heavy atom. The highest BCUT2D eigenvalue weighted by Crippen LogP contribution is 2.30. The van der Waals surface area contributed by atoms with Gasteiger partial charge in [0.1, 0.15) is 0 Å². The third kappa shape index (κ3) is 3.67. The highest BCUT2D eigenvalue weighted by molar-refractivity contribution is 7.99. The highest BCUT2D eigenvalue weighted by Gasteiger charge is 2.17. The van der Waals surface area contributed by atoms with Gasteiger partial charge < -0.3 is 5.32 Å². The molecule has 2 heterocycles. The van der Waals surface area contributed by atoms with E-state index in [0.29, 0.717) is 5.16 Å². The highest BCUT2D eigenvalue weighted by atomic mass is 32.2. The summed E-state index contributed by atoms with van der Waals surface area (Å²) in [5, 5.41) is 13.9. The molecule has 0 saturated heterocycles. The van der Waals surface area contributed by atoms with E-state index in [1.54, 1.807) is 11.3 Å². The molecule has 0 radical (unpaired) electrons. The second-order valence-electron chi connectivity index (χ2n) is 4.72. The van der Waals surface area contributed by atoms with Crippen LogP contribution in [0.15, 0.2) is 53.0 Å². The van der Waals surface area contributed by atoms with Gasteiger partial charge in [-0.05, 0) is 23.6 Å². The predicted octanol–water partition coefficient (Wildman–Crippen LogP) is 2.84. The molecule has 1 aromatic carbocycles. The lowest BCUT2D eigenvalue weighted by atomic mass is 10.3. The fourth-order valence-electron chi connectivity index (χ4n) is 2.07. The molecule has 0 saturated carbocycles. The van der Waals surface area contributed by atoms with Crippen LogP contribution < -0.4 is 5.32 Å². The van der Waals surface area contributed by atoms with Crippen molar-refractivity contribution in [2.75, 3.05) is 12.3 Å². The molecule has 24 heavy (non-hydrogen) atoms. The van der Waals surface area contributed by atoms with E-state index >= 15 is 0 Å². The lowest BCUT2D eigenvalue weighted by Gasteiger charge is -2.09. The Balaban J connectivity index is 1.90. The molecule has 120 valence electrons. The molecule has 0 atom stereocenters. The summed E-state index contributed by atoms with van der Waals surface area (Å²) in [7, 11) is 0. The second kappa shape index (κ2) is 7.81. The average Bonchev–Trinajstić information content (AvgIpc) is 3.27. The van der Waals surface area contributed by atoms with Crippen molar-refractivity contribution in [1.82, 2.24) is 20.1 Å². The minimum atomic E-state index is -0.127. The van der Waals surface area contributed by atoms with Crippen LogP contribution in [0.1, 0.15) is 0 Å². The summed E-state index contributed by atoms with van der Waals surface area (Å²) in [5.74, 6) is 3.26. The SMILES string of the molecule is C#CCNC(=O)CSc1nnc(-c2cccs2)n1-c1ccccc1. The summed E-state index contributed by atoms with van der Waals surface area (Å²) in [4.78, 5) is 12.8. The molecular weight excluding hydrogens is 340 g/mol. The average molecular weight is 354 g/mol. The Morgan fingerprint density at radius 2 is 2.08 bits per heavy atom. The van der Waals surface area contributed by atoms with E-state index in [1.807, 2.05) is 52.4 Å². The monoisotopic (exact) mass is 354 g/mol. The number of amides is 1. The van der Waals surface area contributed by atoms with E-state index in [9.17, 15) is 4.79 Å². The van der Waals surface area contributed by atoms with Crippen LogP contribution >= 0.6 is 23.1 Å². The van der Waals surface area contributed by atoms with Crippen LogP contribution in [0.4, 0.5) is 0 Å². The zero-order chi connectivity index (χ0) is 16.8. The van der Waals surface area contributed by atoms with Crippen LogP contribution in [0.5, 0.6) is 0 Å². The molecule has 0 bridgehead atoms. The van der Waals surface area contributed by atoms with Gasteiger partial charge in [0.15, 0.2) is 11.0 Å². The van der Waals surface area contributed by atoms with Crippen LogP contribution in [0.3, 0.4) is 0 Å². The molecule has 0 aliphatic carbocycles.